The van der Waals surface area contributed by atoms with Crippen LogP contribution in [-0.2, 0) is 0 Å². The zero-order chi connectivity index (χ0) is 10.6. The fourth-order valence-corrected chi connectivity index (χ4v) is 1.98. The first-order valence-corrected chi connectivity index (χ1v) is 6.66. The second kappa shape index (κ2) is 25.7. The monoisotopic (exact) mass is 263 g/mol. The molecule has 0 amide bonds. The van der Waals surface area contributed by atoms with Crippen LogP contribution >= 0.6 is 0 Å². The van der Waals surface area contributed by atoms with Gasteiger partial charge < -0.3 is 4.90 Å². The van der Waals surface area contributed by atoms with Gasteiger partial charge in [-0.3, -0.25) is 0 Å². The topological polar surface area (TPSA) is 3.24 Å². The van der Waals surface area contributed by atoms with Crippen molar-refractivity contribution in [2.45, 2.75) is 95.4 Å². The van der Waals surface area contributed by atoms with Crippen LogP contribution in [0.25, 0.3) is 0 Å². The molecule has 1 nitrogen and oxygen atoms in total. The van der Waals surface area contributed by atoms with Gasteiger partial charge in [0.1, 0.15) is 0 Å². The van der Waals surface area contributed by atoms with Crippen molar-refractivity contribution < 1.29 is 0 Å². The molecule has 1 heterocycles. The summed E-state index contributed by atoms with van der Waals surface area (Å²) in [7, 11) is 0. The molecule has 0 bridgehead atoms. The number of nitrogens with zero attached hydrogens (tertiary/aromatic N) is 1. The van der Waals surface area contributed by atoms with Gasteiger partial charge in [-0.05, 0) is 32.5 Å². The minimum absolute atomic E-state index is 0. The number of rotatable bonds is 1. The fourth-order valence-electron chi connectivity index (χ4n) is 1.98. The lowest BCUT2D eigenvalue weighted by Gasteiger charge is -2.08. The number of hydrogen-bond acceptors (Lipinski definition) is 1. The highest BCUT2D eigenvalue weighted by atomic mass is 15.1. The molecule has 1 saturated carbocycles. The van der Waals surface area contributed by atoms with Gasteiger partial charge in [0.25, 0.3) is 0 Å². The lowest BCUT2D eigenvalue weighted by Crippen LogP contribution is -2.17. The zero-order valence-electron chi connectivity index (χ0n) is 10.5. The lowest BCUT2D eigenvalue weighted by molar-refractivity contribution is 0.359. The Morgan fingerprint density at radius 2 is 0.889 bits per heavy atom. The van der Waals surface area contributed by atoms with E-state index in [2.05, 4.69) is 11.8 Å². The van der Waals surface area contributed by atoms with Gasteiger partial charge in [0.15, 0.2) is 0 Å². The van der Waals surface area contributed by atoms with Gasteiger partial charge in [-0.25, -0.2) is 0 Å². The normalized spacial score (nSPS) is 16.2. The van der Waals surface area contributed by atoms with Crippen LogP contribution in [0.5, 0.6) is 0 Å². The van der Waals surface area contributed by atoms with Crippen molar-refractivity contribution in [3.63, 3.8) is 0 Å². The van der Waals surface area contributed by atoms with E-state index in [1.165, 1.54) is 64.6 Å². The summed E-state index contributed by atoms with van der Waals surface area (Å²) in [6, 6.07) is 0. The summed E-state index contributed by atoms with van der Waals surface area (Å²) >= 11 is 0. The van der Waals surface area contributed by atoms with Crippen molar-refractivity contribution in [1.29, 1.82) is 0 Å². The summed E-state index contributed by atoms with van der Waals surface area (Å²) in [5, 5.41) is 0. The maximum atomic E-state index is 2.49. The molecule has 0 aromatic heterocycles. The van der Waals surface area contributed by atoms with E-state index in [-0.39, 0.29) is 29.7 Å². The van der Waals surface area contributed by atoms with Crippen LogP contribution in [0.2, 0.25) is 0 Å². The molecule has 18 heavy (non-hydrogen) atoms. The predicted molar refractivity (Wildman–Crippen MR) is 92.7 cm³/mol. The summed E-state index contributed by atoms with van der Waals surface area (Å²) in [4.78, 5) is 2.49. The van der Waals surface area contributed by atoms with Crippen molar-refractivity contribution >= 4 is 0 Å². The first-order valence-electron chi connectivity index (χ1n) is 6.66. The second-order valence-corrected chi connectivity index (χ2v) is 3.91. The molecule has 2 rings (SSSR count). The van der Waals surface area contributed by atoms with E-state index in [9.17, 15) is 0 Å². The van der Waals surface area contributed by atoms with E-state index >= 15 is 0 Å². The van der Waals surface area contributed by atoms with Crippen LogP contribution in [-0.4, -0.2) is 24.5 Å². The van der Waals surface area contributed by atoms with Gasteiger partial charge in [0, 0.05) is 0 Å². The standard InChI is InChI=1S/C6H13N.C5H10.C2H6.4CH4/c1-2-7-5-3-4-6-7;1-2-4-5-3-1;1-2;;;;/h2-6H2,1H3;1-5H2;1-2H3;4*1H4. The maximum Gasteiger partial charge on any atom is -0.00184 e. The lowest BCUT2D eigenvalue weighted by atomic mass is 10.4. The molecule has 1 aliphatic carbocycles. The zero-order valence-corrected chi connectivity index (χ0v) is 10.5. The van der Waals surface area contributed by atoms with E-state index in [1.807, 2.05) is 13.8 Å². The predicted octanol–water partition coefficient (Wildman–Crippen LogP) is 6.62. The third kappa shape index (κ3) is 18.3. The molecular weight excluding hydrogens is 218 g/mol. The van der Waals surface area contributed by atoms with Crippen molar-refractivity contribution in [2.75, 3.05) is 19.6 Å². The second-order valence-electron chi connectivity index (χ2n) is 3.91. The fraction of sp³-hybridized carbons (Fsp3) is 1.00. The molecular formula is C17H45N. The Bertz CT molecular complexity index is 84.2. The Morgan fingerprint density at radius 3 is 1.06 bits per heavy atom. The van der Waals surface area contributed by atoms with Gasteiger partial charge in [0.2, 0.25) is 0 Å². The van der Waals surface area contributed by atoms with E-state index in [1.54, 1.807) is 0 Å². The van der Waals surface area contributed by atoms with E-state index < -0.39 is 0 Å². The van der Waals surface area contributed by atoms with Crippen LogP contribution in [0.15, 0.2) is 0 Å². The smallest absolute Gasteiger partial charge is 0.00184 e. The van der Waals surface area contributed by atoms with Crippen LogP contribution in [0.4, 0.5) is 0 Å². The third-order valence-corrected chi connectivity index (χ3v) is 2.90. The summed E-state index contributed by atoms with van der Waals surface area (Å²) in [6.07, 6.45) is 10.3. The van der Waals surface area contributed by atoms with Crippen molar-refractivity contribution in [3.8, 4) is 0 Å². The minimum Gasteiger partial charge on any atom is -0.304 e. The van der Waals surface area contributed by atoms with Crippen molar-refractivity contribution in [3.05, 3.63) is 0 Å². The van der Waals surface area contributed by atoms with Crippen LogP contribution in [0.1, 0.15) is 95.4 Å². The highest BCUT2D eigenvalue weighted by Crippen LogP contribution is 2.15. The summed E-state index contributed by atoms with van der Waals surface area (Å²) in [5.41, 5.74) is 0. The van der Waals surface area contributed by atoms with Crippen molar-refractivity contribution in [1.82, 2.24) is 4.90 Å². The molecule has 0 aromatic carbocycles. The Balaban J connectivity index is -0.0000000470. The molecule has 2 fully saturated rings. The largest absolute Gasteiger partial charge is 0.304 e. The molecule has 0 unspecified atom stereocenters. The van der Waals surface area contributed by atoms with Crippen LogP contribution in [0.3, 0.4) is 0 Å². The Kier molecular flexibility index (Phi) is 43.9. The third-order valence-electron chi connectivity index (χ3n) is 2.90. The first-order chi connectivity index (χ1) is 6.93. The van der Waals surface area contributed by atoms with Gasteiger partial charge >= 0.3 is 0 Å². The molecule has 118 valence electrons. The molecule has 0 atom stereocenters. The number of hydrogen-bond donors (Lipinski definition) is 0. The molecule has 0 aromatic rings. The molecule has 1 heteroatoms. The van der Waals surface area contributed by atoms with E-state index in [0.29, 0.717) is 0 Å². The number of likely N-dealkylation sites (tertiary alicyclic amines) is 1. The molecule has 0 radical (unpaired) electrons. The molecule has 0 spiro atoms. The first kappa shape index (κ1) is 30.8. The Labute approximate surface area is 120 Å². The molecule has 1 aliphatic heterocycles. The van der Waals surface area contributed by atoms with E-state index in [4.69, 9.17) is 0 Å². The van der Waals surface area contributed by atoms with Gasteiger partial charge in [-0.15, -0.1) is 0 Å². The summed E-state index contributed by atoms with van der Waals surface area (Å²) in [6.45, 7) is 10.2. The molecule has 0 N–H and O–H groups in total. The highest BCUT2D eigenvalue weighted by Gasteiger charge is 2.06. The van der Waals surface area contributed by atoms with Gasteiger partial charge in [0.05, 0.1) is 0 Å². The van der Waals surface area contributed by atoms with E-state index in [0.717, 1.165) is 0 Å². The average molecular weight is 264 g/mol. The highest BCUT2D eigenvalue weighted by molar-refractivity contribution is 4.62. The molecule has 2 aliphatic rings. The Morgan fingerprint density at radius 1 is 0.611 bits per heavy atom. The Hall–Kier alpha value is -0.0400. The quantitative estimate of drug-likeness (QED) is 0.513. The van der Waals surface area contributed by atoms with Crippen LogP contribution < -0.4 is 0 Å². The van der Waals surface area contributed by atoms with Gasteiger partial charge in [-0.2, -0.15) is 0 Å². The summed E-state index contributed by atoms with van der Waals surface area (Å²) in [5.74, 6) is 0. The molecule has 1 saturated heterocycles. The van der Waals surface area contributed by atoms with Crippen molar-refractivity contribution in [2.24, 2.45) is 0 Å². The summed E-state index contributed by atoms with van der Waals surface area (Å²) < 4.78 is 0. The average Bonchev–Trinajstić information content (AvgIpc) is 2.97. The van der Waals surface area contributed by atoms with Crippen LogP contribution in [0, 0.1) is 0 Å². The minimum atomic E-state index is 0. The van der Waals surface area contributed by atoms with Gasteiger partial charge in [-0.1, -0.05) is 82.6 Å². The maximum absolute atomic E-state index is 2.49. The SMILES string of the molecule is C.C.C.C.C1CCCC1.CC.CCN1CCCC1.